The maximum absolute atomic E-state index is 3.45. The first-order valence-corrected chi connectivity index (χ1v) is 6.74. The van der Waals surface area contributed by atoms with Crippen LogP contribution in [0.2, 0.25) is 0 Å². The molecule has 0 bridgehead atoms. The van der Waals surface area contributed by atoms with E-state index in [0.717, 1.165) is 12.5 Å². The molecule has 1 aromatic carbocycles. The summed E-state index contributed by atoms with van der Waals surface area (Å²) in [6, 6.07) is 11.4. The lowest BCUT2D eigenvalue weighted by Crippen LogP contribution is -2.35. The lowest BCUT2D eigenvalue weighted by molar-refractivity contribution is 0.184. The zero-order valence-electron chi connectivity index (χ0n) is 11.0. The smallest absolute Gasteiger partial charge is 0.0236 e. The molecule has 0 aromatic heterocycles. The summed E-state index contributed by atoms with van der Waals surface area (Å²) < 4.78 is 0. The minimum atomic E-state index is 0.621. The molecule has 2 heteroatoms. The summed E-state index contributed by atoms with van der Waals surface area (Å²) in [6.07, 6.45) is 1.33. The van der Waals surface area contributed by atoms with Crippen molar-refractivity contribution in [3.05, 3.63) is 35.9 Å². The molecule has 0 spiro atoms. The normalized spacial score (nSPS) is 20.4. The second-order valence-electron chi connectivity index (χ2n) is 5.37. The molecular formula is C15H24N2. The first-order valence-electron chi connectivity index (χ1n) is 6.74. The molecule has 2 nitrogen and oxygen atoms in total. The van der Waals surface area contributed by atoms with Crippen LogP contribution in [0.3, 0.4) is 0 Å². The fourth-order valence-corrected chi connectivity index (χ4v) is 2.48. The molecule has 1 aliphatic rings. The zero-order chi connectivity index (χ0) is 12.1. The van der Waals surface area contributed by atoms with Crippen molar-refractivity contribution in [2.24, 2.45) is 5.92 Å². The first kappa shape index (κ1) is 12.6. The summed E-state index contributed by atoms with van der Waals surface area (Å²) in [6.45, 7) is 9.28. The van der Waals surface area contributed by atoms with Crippen LogP contribution >= 0.6 is 0 Å². The van der Waals surface area contributed by atoms with Crippen LogP contribution in [0.15, 0.2) is 30.3 Å². The molecule has 1 fully saturated rings. The number of hydrogen-bond donors (Lipinski definition) is 1. The van der Waals surface area contributed by atoms with Gasteiger partial charge in [0.2, 0.25) is 0 Å². The average molecular weight is 232 g/mol. The number of hydrogen-bond acceptors (Lipinski definition) is 2. The summed E-state index contributed by atoms with van der Waals surface area (Å²) >= 11 is 0. The van der Waals surface area contributed by atoms with E-state index in [-0.39, 0.29) is 0 Å². The second kappa shape index (κ2) is 6.18. The van der Waals surface area contributed by atoms with Crippen molar-refractivity contribution in [3.63, 3.8) is 0 Å². The standard InChI is InChI=1S/C15H24N2/c1-13(2)17(12-15-8-9-16-10-15)11-14-6-4-3-5-7-14/h3-7,13,15-16H,8-12H2,1-2H3/t15-/m1/s1. The van der Waals surface area contributed by atoms with Gasteiger partial charge in [-0.15, -0.1) is 0 Å². The Morgan fingerprint density at radius 3 is 2.65 bits per heavy atom. The first-order chi connectivity index (χ1) is 8.25. The minimum absolute atomic E-state index is 0.621. The Kier molecular flexibility index (Phi) is 4.57. The van der Waals surface area contributed by atoms with Crippen LogP contribution in [0, 0.1) is 5.92 Å². The third-order valence-corrected chi connectivity index (χ3v) is 3.61. The van der Waals surface area contributed by atoms with Gasteiger partial charge >= 0.3 is 0 Å². The topological polar surface area (TPSA) is 15.3 Å². The Hall–Kier alpha value is -0.860. The number of nitrogens with one attached hydrogen (secondary N) is 1. The maximum Gasteiger partial charge on any atom is 0.0236 e. The van der Waals surface area contributed by atoms with Gasteiger partial charge in [-0.3, -0.25) is 4.90 Å². The van der Waals surface area contributed by atoms with Crippen molar-refractivity contribution in [1.82, 2.24) is 10.2 Å². The van der Waals surface area contributed by atoms with Crippen molar-refractivity contribution in [2.45, 2.75) is 32.9 Å². The number of nitrogens with zero attached hydrogens (tertiary/aromatic N) is 1. The fraction of sp³-hybridized carbons (Fsp3) is 0.600. The van der Waals surface area contributed by atoms with Crippen molar-refractivity contribution >= 4 is 0 Å². The predicted molar refractivity (Wildman–Crippen MR) is 73.0 cm³/mol. The van der Waals surface area contributed by atoms with Gasteiger partial charge in [0.15, 0.2) is 0 Å². The summed E-state index contributed by atoms with van der Waals surface area (Å²) in [7, 11) is 0. The summed E-state index contributed by atoms with van der Waals surface area (Å²) in [5, 5.41) is 3.45. The Morgan fingerprint density at radius 1 is 1.29 bits per heavy atom. The zero-order valence-corrected chi connectivity index (χ0v) is 11.0. The van der Waals surface area contributed by atoms with Crippen molar-refractivity contribution in [2.75, 3.05) is 19.6 Å². The molecule has 0 aliphatic carbocycles. The number of benzene rings is 1. The van der Waals surface area contributed by atoms with Gasteiger partial charge in [-0.2, -0.15) is 0 Å². The molecule has 0 radical (unpaired) electrons. The second-order valence-corrected chi connectivity index (χ2v) is 5.37. The highest BCUT2D eigenvalue weighted by atomic mass is 15.2. The molecule has 1 aliphatic heterocycles. The molecule has 1 aromatic rings. The van der Waals surface area contributed by atoms with Gasteiger partial charge in [0.1, 0.15) is 0 Å². The van der Waals surface area contributed by atoms with Gasteiger partial charge in [0.05, 0.1) is 0 Å². The van der Waals surface area contributed by atoms with Gasteiger partial charge < -0.3 is 5.32 Å². The Morgan fingerprint density at radius 2 is 2.06 bits per heavy atom. The predicted octanol–water partition coefficient (Wildman–Crippen LogP) is 2.51. The van der Waals surface area contributed by atoms with Gasteiger partial charge in [0.25, 0.3) is 0 Å². The average Bonchev–Trinajstić information content (AvgIpc) is 2.82. The molecule has 0 saturated carbocycles. The summed E-state index contributed by atoms with van der Waals surface area (Å²) in [5.41, 5.74) is 1.42. The highest BCUT2D eigenvalue weighted by Gasteiger charge is 2.19. The van der Waals surface area contributed by atoms with Crippen LogP contribution in [0.5, 0.6) is 0 Å². The lowest BCUT2D eigenvalue weighted by atomic mass is 10.1. The van der Waals surface area contributed by atoms with E-state index in [4.69, 9.17) is 0 Å². The van der Waals surface area contributed by atoms with E-state index in [1.807, 2.05) is 0 Å². The van der Waals surface area contributed by atoms with Crippen molar-refractivity contribution < 1.29 is 0 Å². The quantitative estimate of drug-likeness (QED) is 0.839. The Balaban J connectivity index is 1.92. The molecule has 0 unspecified atom stereocenters. The van der Waals surface area contributed by atoms with Crippen LogP contribution in [0.1, 0.15) is 25.8 Å². The van der Waals surface area contributed by atoms with Gasteiger partial charge in [-0.25, -0.2) is 0 Å². The molecule has 1 N–H and O–H groups in total. The largest absolute Gasteiger partial charge is 0.316 e. The fourth-order valence-electron chi connectivity index (χ4n) is 2.48. The molecule has 2 rings (SSSR count). The molecule has 17 heavy (non-hydrogen) atoms. The Labute approximate surface area is 105 Å². The van der Waals surface area contributed by atoms with E-state index in [0.29, 0.717) is 6.04 Å². The number of rotatable bonds is 5. The third-order valence-electron chi connectivity index (χ3n) is 3.61. The van der Waals surface area contributed by atoms with Gasteiger partial charge in [-0.1, -0.05) is 30.3 Å². The Bertz CT molecular complexity index is 315. The third kappa shape index (κ3) is 3.83. The highest BCUT2D eigenvalue weighted by molar-refractivity contribution is 5.14. The molecule has 1 atom stereocenters. The van der Waals surface area contributed by atoms with Crippen LogP contribution < -0.4 is 5.32 Å². The van der Waals surface area contributed by atoms with Crippen molar-refractivity contribution in [1.29, 1.82) is 0 Å². The van der Waals surface area contributed by atoms with E-state index in [9.17, 15) is 0 Å². The summed E-state index contributed by atoms with van der Waals surface area (Å²) in [4.78, 5) is 2.59. The van der Waals surface area contributed by atoms with Gasteiger partial charge in [-0.05, 0) is 44.8 Å². The van der Waals surface area contributed by atoms with E-state index in [1.165, 1.54) is 31.6 Å². The van der Waals surface area contributed by atoms with Crippen LogP contribution in [0.25, 0.3) is 0 Å². The molecule has 0 amide bonds. The highest BCUT2D eigenvalue weighted by Crippen LogP contribution is 2.15. The maximum atomic E-state index is 3.45. The minimum Gasteiger partial charge on any atom is -0.316 e. The molecule has 1 heterocycles. The molecular weight excluding hydrogens is 208 g/mol. The summed E-state index contributed by atoms with van der Waals surface area (Å²) in [5.74, 6) is 0.834. The molecule has 94 valence electrons. The van der Waals surface area contributed by atoms with E-state index < -0.39 is 0 Å². The van der Waals surface area contributed by atoms with E-state index in [2.05, 4.69) is 54.4 Å². The van der Waals surface area contributed by atoms with Crippen LogP contribution in [0.4, 0.5) is 0 Å². The van der Waals surface area contributed by atoms with E-state index in [1.54, 1.807) is 0 Å². The monoisotopic (exact) mass is 232 g/mol. The SMILES string of the molecule is CC(C)N(Cc1ccccc1)C[C@@H]1CCNC1. The van der Waals surface area contributed by atoms with Crippen molar-refractivity contribution in [3.8, 4) is 0 Å². The van der Waals surface area contributed by atoms with Crippen LogP contribution in [-0.4, -0.2) is 30.6 Å². The van der Waals surface area contributed by atoms with Crippen LogP contribution in [-0.2, 0) is 6.54 Å². The lowest BCUT2D eigenvalue weighted by Gasteiger charge is -2.29. The molecule has 1 saturated heterocycles. The van der Waals surface area contributed by atoms with E-state index >= 15 is 0 Å². The van der Waals surface area contributed by atoms with Gasteiger partial charge in [0, 0.05) is 19.1 Å².